The van der Waals surface area contributed by atoms with E-state index in [0.29, 0.717) is 5.25 Å². The second-order valence-electron chi connectivity index (χ2n) is 8.26. The number of aromatic hydroxyl groups is 1. The molecule has 0 saturated carbocycles. The molecule has 1 N–H and O–H groups in total. The van der Waals surface area contributed by atoms with Crippen LogP contribution in [0.5, 0.6) is 5.75 Å². The Balaban J connectivity index is 1.42. The number of hydrazone groups is 1. The summed E-state index contributed by atoms with van der Waals surface area (Å²) in [6.07, 6.45) is 1.96. The molecule has 33 heavy (non-hydrogen) atoms. The summed E-state index contributed by atoms with van der Waals surface area (Å²) in [7, 11) is 0. The highest BCUT2D eigenvalue weighted by atomic mass is 32.2. The number of benzene rings is 4. The maximum atomic E-state index is 9.73. The monoisotopic (exact) mass is 449 g/mol. The molecule has 0 amide bonds. The Morgan fingerprint density at radius 2 is 1.61 bits per heavy atom. The van der Waals surface area contributed by atoms with Gasteiger partial charge in [0.15, 0.2) is 0 Å². The summed E-state index contributed by atoms with van der Waals surface area (Å²) in [5.74, 6) is 1.48. The number of para-hydroxylation sites is 2. The van der Waals surface area contributed by atoms with Crippen LogP contribution in [0.4, 0.5) is 5.69 Å². The maximum Gasteiger partial charge on any atom is 0.115 e. The number of anilines is 1. The second-order valence-corrected chi connectivity index (χ2v) is 9.60. The van der Waals surface area contributed by atoms with Crippen LogP contribution in [-0.4, -0.2) is 33.4 Å². The van der Waals surface area contributed by atoms with Crippen LogP contribution in [0.1, 0.15) is 5.56 Å². The van der Waals surface area contributed by atoms with E-state index >= 15 is 0 Å². The number of hydrogen-bond acceptors (Lipinski definition) is 4. The average molecular weight is 450 g/mol. The fourth-order valence-electron chi connectivity index (χ4n) is 4.27. The van der Waals surface area contributed by atoms with Crippen molar-refractivity contribution >= 4 is 45.5 Å². The van der Waals surface area contributed by atoms with Crippen molar-refractivity contribution in [2.45, 2.75) is 5.25 Å². The second kappa shape index (κ2) is 8.34. The Morgan fingerprint density at radius 1 is 0.879 bits per heavy atom. The highest BCUT2D eigenvalue weighted by molar-refractivity contribution is 8.06. The number of aromatic nitrogens is 1. The molecular formula is C28H23N3OS. The van der Waals surface area contributed by atoms with Crippen molar-refractivity contribution < 1.29 is 5.11 Å². The predicted molar refractivity (Wildman–Crippen MR) is 140 cm³/mol. The Hall–Kier alpha value is -3.70. The van der Waals surface area contributed by atoms with Crippen LogP contribution in [0.15, 0.2) is 102 Å². The number of phenols is 1. The molecule has 2 heterocycles. The molecule has 1 atom stereocenters. The summed E-state index contributed by atoms with van der Waals surface area (Å²) in [4.78, 5) is 0. The lowest BCUT2D eigenvalue weighted by Gasteiger charge is -2.18. The number of phenolic OH excluding ortho intramolecular Hbond substituents is 1. The number of thioether (sulfide) groups is 1. The molecule has 5 aromatic rings. The molecule has 0 aliphatic carbocycles. The minimum Gasteiger partial charge on any atom is -0.508 e. The van der Waals surface area contributed by atoms with E-state index in [1.807, 2.05) is 36.2 Å². The number of hydrogen-bond donors (Lipinski definition) is 1. The van der Waals surface area contributed by atoms with Gasteiger partial charge in [-0.3, -0.25) is 5.01 Å². The summed E-state index contributed by atoms with van der Waals surface area (Å²) in [6, 6.07) is 32.7. The molecular weight excluding hydrogens is 426 g/mol. The summed E-state index contributed by atoms with van der Waals surface area (Å²) in [6.45, 7) is 0.924. The molecule has 162 valence electrons. The van der Waals surface area contributed by atoms with E-state index in [-0.39, 0.29) is 5.75 Å². The molecule has 4 nitrogen and oxygen atoms in total. The number of nitrogens with zero attached hydrogens (tertiary/aromatic N) is 3. The van der Waals surface area contributed by atoms with E-state index in [1.165, 1.54) is 16.5 Å². The van der Waals surface area contributed by atoms with E-state index in [4.69, 9.17) is 5.10 Å². The maximum absolute atomic E-state index is 9.73. The summed E-state index contributed by atoms with van der Waals surface area (Å²) in [5, 5.41) is 19.8. The highest BCUT2D eigenvalue weighted by Gasteiger charge is 2.25. The minimum absolute atomic E-state index is 0.269. The first kappa shape index (κ1) is 19.9. The number of rotatable bonds is 6. The molecule has 1 aliphatic heterocycles. The Bertz CT molecular complexity index is 1450. The molecule has 0 spiro atoms. The molecule has 0 radical (unpaired) electrons. The molecule has 5 heteroatoms. The first-order valence-electron chi connectivity index (χ1n) is 11.1. The fourth-order valence-corrected chi connectivity index (χ4v) is 4.76. The third-order valence-corrected chi connectivity index (χ3v) is 6.94. The SMILES string of the molecule is Oc1ccc(-n2c3ccccc3c3cc(C=NN(CC4CS4)c4ccccc4)ccc32)cc1. The van der Waals surface area contributed by atoms with E-state index in [2.05, 4.69) is 76.3 Å². The van der Waals surface area contributed by atoms with Crippen LogP contribution >= 0.6 is 11.8 Å². The third kappa shape index (κ3) is 3.96. The van der Waals surface area contributed by atoms with Crippen molar-refractivity contribution in [1.82, 2.24) is 4.57 Å². The van der Waals surface area contributed by atoms with Crippen molar-refractivity contribution in [3.8, 4) is 11.4 Å². The van der Waals surface area contributed by atoms with Gasteiger partial charge in [-0.05, 0) is 60.2 Å². The van der Waals surface area contributed by atoms with Gasteiger partial charge in [0.2, 0.25) is 0 Å². The van der Waals surface area contributed by atoms with Gasteiger partial charge in [0.25, 0.3) is 0 Å². The molecule has 1 unspecified atom stereocenters. The van der Waals surface area contributed by atoms with Crippen LogP contribution in [0.25, 0.3) is 27.5 Å². The summed E-state index contributed by atoms with van der Waals surface area (Å²) >= 11 is 1.98. The first-order chi connectivity index (χ1) is 16.3. The van der Waals surface area contributed by atoms with Gasteiger partial charge in [-0.25, -0.2) is 0 Å². The Morgan fingerprint density at radius 3 is 2.39 bits per heavy atom. The van der Waals surface area contributed by atoms with Crippen LogP contribution < -0.4 is 5.01 Å². The van der Waals surface area contributed by atoms with Crippen LogP contribution in [0, 0.1) is 0 Å². The standard InChI is InChI=1S/C28H23N3OS/c32-23-13-11-22(12-14-23)31-27-9-5-4-8-25(27)26-16-20(10-15-28(26)31)17-29-30(18-24-19-33-24)21-6-2-1-3-7-21/h1-17,24,32H,18-19H2. The largest absolute Gasteiger partial charge is 0.508 e. The van der Waals surface area contributed by atoms with Gasteiger partial charge in [0.05, 0.1) is 29.5 Å². The zero-order valence-electron chi connectivity index (χ0n) is 18.0. The molecule has 1 aromatic heterocycles. The Labute approximate surface area is 196 Å². The Kier molecular flexibility index (Phi) is 5.04. The smallest absolute Gasteiger partial charge is 0.115 e. The topological polar surface area (TPSA) is 40.8 Å². The van der Waals surface area contributed by atoms with Gasteiger partial charge >= 0.3 is 0 Å². The van der Waals surface area contributed by atoms with Crippen LogP contribution in [0.2, 0.25) is 0 Å². The lowest BCUT2D eigenvalue weighted by atomic mass is 10.1. The lowest BCUT2D eigenvalue weighted by Crippen LogP contribution is -2.21. The van der Waals surface area contributed by atoms with Gasteiger partial charge in [-0.15, -0.1) is 0 Å². The van der Waals surface area contributed by atoms with E-state index < -0.39 is 0 Å². The average Bonchev–Trinajstić information content (AvgIpc) is 3.63. The molecule has 1 aliphatic rings. The first-order valence-corrected chi connectivity index (χ1v) is 12.1. The molecule has 0 bridgehead atoms. The van der Waals surface area contributed by atoms with Crippen molar-refractivity contribution in [2.24, 2.45) is 5.10 Å². The van der Waals surface area contributed by atoms with E-state index in [1.54, 1.807) is 12.1 Å². The minimum atomic E-state index is 0.269. The van der Waals surface area contributed by atoms with Crippen molar-refractivity contribution in [2.75, 3.05) is 17.3 Å². The van der Waals surface area contributed by atoms with Gasteiger partial charge in [-0.1, -0.05) is 42.5 Å². The van der Waals surface area contributed by atoms with E-state index in [9.17, 15) is 5.11 Å². The third-order valence-electron chi connectivity index (χ3n) is 5.98. The zero-order chi connectivity index (χ0) is 22.2. The van der Waals surface area contributed by atoms with Crippen molar-refractivity contribution in [1.29, 1.82) is 0 Å². The van der Waals surface area contributed by atoms with Crippen LogP contribution in [0.3, 0.4) is 0 Å². The highest BCUT2D eigenvalue weighted by Crippen LogP contribution is 2.34. The summed E-state index contributed by atoms with van der Waals surface area (Å²) < 4.78 is 2.24. The molecule has 6 rings (SSSR count). The molecule has 4 aromatic carbocycles. The quantitative estimate of drug-likeness (QED) is 0.184. The fraction of sp³-hybridized carbons (Fsp3) is 0.107. The lowest BCUT2D eigenvalue weighted by molar-refractivity contribution is 0.475. The molecule has 1 saturated heterocycles. The van der Waals surface area contributed by atoms with Crippen LogP contribution in [-0.2, 0) is 0 Å². The molecule has 1 fully saturated rings. The van der Waals surface area contributed by atoms with E-state index in [0.717, 1.165) is 34.5 Å². The van der Waals surface area contributed by atoms with Crippen molar-refractivity contribution in [3.63, 3.8) is 0 Å². The van der Waals surface area contributed by atoms with Gasteiger partial charge in [0, 0.05) is 27.5 Å². The normalized spacial score (nSPS) is 15.5. The van der Waals surface area contributed by atoms with Gasteiger partial charge < -0.3 is 9.67 Å². The zero-order valence-corrected chi connectivity index (χ0v) is 18.8. The van der Waals surface area contributed by atoms with Crippen molar-refractivity contribution in [3.05, 3.63) is 103 Å². The summed E-state index contributed by atoms with van der Waals surface area (Å²) in [5.41, 5.74) is 5.49. The van der Waals surface area contributed by atoms with Gasteiger partial charge in [-0.2, -0.15) is 16.9 Å². The van der Waals surface area contributed by atoms with Gasteiger partial charge in [0.1, 0.15) is 5.75 Å². The number of fused-ring (bicyclic) bond motifs is 3. The predicted octanol–water partition coefficient (Wildman–Crippen LogP) is 6.45.